The molecule has 1 unspecified atom stereocenters. The molecule has 1 heterocycles. The molecule has 1 aromatic rings. The number of carbonyl (C=O) groups excluding carboxylic acids is 3. The first-order valence-corrected chi connectivity index (χ1v) is 7.28. The maximum absolute atomic E-state index is 12.1. The molecule has 0 fully saturated rings. The zero-order chi connectivity index (χ0) is 16.1. The Morgan fingerprint density at radius 1 is 1.23 bits per heavy atom. The standard InChI is InChI=1S/C16H20N2O4/c1-11(10-22-2)17-14(19)8-5-9-18-15(20)12-6-3-4-7-13(12)16(18)21/h3-4,6-7,11H,5,8-10H2,1-2H3,(H,17,19). The zero-order valence-corrected chi connectivity index (χ0v) is 12.8. The van der Waals surface area contributed by atoms with E-state index in [1.54, 1.807) is 31.4 Å². The van der Waals surface area contributed by atoms with Crippen LogP contribution < -0.4 is 5.32 Å². The van der Waals surface area contributed by atoms with E-state index in [4.69, 9.17) is 4.74 Å². The highest BCUT2D eigenvalue weighted by Gasteiger charge is 2.34. The van der Waals surface area contributed by atoms with Crippen LogP contribution in [0.2, 0.25) is 0 Å². The van der Waals surface area contributed by atoms with Gasteiger partial charge in [-0.2, -0.15) is 0 Å². The first-order valence-electron chi connectivity index (χ1n) is 7.28. The molecule has 0 aromatic heterocycles. The van der Waals surface area contributed by atoms with Gasteiger partial charge < -0.3 is 10.1 Å². The molecule has 1 atom stereocenters. The molecule has 1 aliphatic heterocycles. The van der Waals surface area contributed by atoms with E-state index in [1.165, 1.54) is 4.90 Å². The topological polar surface area (TPSA) is 75.7 Å². The molecular formula is C16H20N2O4. The summed E-state index contributed by atoms with van der Waals surface area (Å²) in [4.78, 5) is 37.2. The van der Waals surface area contributed by atoms with Gasteiger partial charge in [-0.3, -0.25) is 19.3 Å². The summed E-state index contributed by atoms with van der Waals surface area (Å²) in [5.41, 5.74) is 0.872. The lowest BCUT2D eigenvalue weighted by Gasteiger charge is -2.15. The van der Waals surface area contributed by atoms with Crippen LogP contribution in [0.3, 0.4) is 0 Å². The van der Waals surface area contributed by atoms with Crippen LogP contribution in [-0.4, -0.2) is 48.9 Å². The van der Waals surface area contributed by atoms with Gasteiger partial charge in [0.2, 0.25) is 5.91 Å². The van der Waals surface area contributed by atoms with Crippen LogP contribution >= 0.6 is 0 Å². The first kappa shape index (κ1) is 16.2. The predicted octanol–water partition coefficient (Wildman–Crippen LogP) is 1.21. The van der Waals surface area contributed by atoms with E-state index in [2.05, 4.69) is 5.32 Å². The van der Waals surface area contributed by atoms with Crippen molar-refractivity contribution in [3.05, 3.63) is 35.4 Å². The number of methoxy groups -OCH3 is 1. The van der Waals surface area contributed by atoms with E-state index in [1.807, 2.05) is 6.92 Å². The van der Waals surface area contributed by atoms with Gasteiger partial charge >= 0.3 is 0 Å². The van der Waals surface area contributed by atoms with Crippen LogP contribution in [0.15, 0.2) is 24.3 Å². The Labute approximate surface area is 129 Å². The molecule has 0 spiro atoms. The molecule has 1 aromatic carbocycles. The summed E-state index contributed by atoms with van der Waals surface area (Å²) in [7, 11) is 1.57. The Morgan fingerprint density at radius 3 is 2.36 bits per heavy atom. The molecule has 6 nitrogen and oxygen atoms in total. The summed E-state index contributed by atoms with van der Waals surface area (Å²) >= 11 is 0. The molecule has 1 aliphatic rings. The summed E-state index contributed by atoms with van der Waals surface area (Å²) in [6.45, 7) is 2.55. The van der Waals surface area contributed by atoms with Crippen molar-refractivity contribution in [1.29, 1.82) is 0 Å². The van der Waals surface area contributed by atoms with Gasteiger partial charge in [0.05, 0.1) is 17.7 Å². The van der Waals surface area contributed by atoms with Crippen molar-refractivity contribution in [2.75, 3.05) is 20.3 Å². The van der Waals surface area contributed by atoms with E-state index in [0.717, 1.165) is 0 Å². The summed E-state index contributed by atoms with van der Waals surface area (Å²) in [6.07, 6.45) is 0.707. The number of carbonyl (C=O) groups is 3. The van der Waals surface area contributed by atoms with Crippen LogP contribution in [0.5, 0.6) is 0 Å². The molecule has 3 amide bonds. The summed E-state index contributed by atoms with van der Waals surface area (Å²) in [6, 6.07) is 6.71. The molecule has 22 heavy (non-hydrogen) atoms. The summed E-state index contributed by atoms with van der Waals surface area (Å²) < 4.78 is 4.94. The first-order chi connectivity index (χ1) is 10.5. The van der Waals surface area contributed by atoms with E-state index >= 15 is 0 Å². The second kappa shape index (κ2) is 7.17. The van der Waals surface area contributed by atoms with Crippen molar-refractivity contribution in [2.24, 2.45) is 0 Å². The van der Waals surface area contributed by atoms with E-state index in [-0.39, 0.29) is 36.7 Å². The van der Waals surface area contributed by atoms with Crippen molar-refractivity contribution in [2.45, 2.75) is 25.8 Å². The molecule has 0 saturated heterocycles. The number of amides is 3. The minimum atomic E-state index is -0.284. The van der Waals surface area contributed by atoms with Crippen LogP contribution in [0.25, 0.3) is 0 Å². The lowest BCUT2D eigenvalue weighted by atomic mass is 10.1. The maximum Gasteiger partial charge on any atom is 0.261 e. The highest BCUT2D eigenvalue weighted by Crippen LogP contribution is 2.22. The average Bonchev–Trinajstić information content (AvgIpc) is 2.73. The number of nitrogens with zero attached hydrogens (tertiary/aromatic N) is 1. The van der Waals surface area contributed by atoms with E-state index in [0.29, 0.717) is 24.2 Å². The number of benzene rings is 1. The number of fused-ring (bicyclic) bond motifs is 1. The number of nitrogens with one attached hydrogen (secondary N) is 1. The molecule has 6 heteroatoms. The molecule has 0 bridgehead atoms. The fraction of sp³-hybridized carbons (Fsp3) is 0.438. The van der Waals surface area contributed by atoms with Crippen molar-refractivity contribution in [1.82, 2.24) is 10.2 Å². The van der Waals surface area contributed by atoms with Gasteiger partial charge in [-0.25, -0.2) is 0 Å². The number of rotatable bonds is 7. The van der Waals surface area contributed by atoms with E-state index < -0.39 is 0 Å². The monoisotopic (exact) mass is 304 g/mol. The normalized spacial score (nSPS) is 14.9. The third-order valence-corrected chi connectivity index (χ3v) is 3.49. The van der Waals surface area contributed by atoms with Gasteiger partial charge in [-0.1, -0.05) is 12.1 Å². The third-order valence-electron chi connectivity index (χ3n) is 3.49. The SMILES string of the molecule is COCC(C)NC(=O)CCCN1C(=O)c2ccccc2C1=O. The number of hydrogen-bond acceptors (Lipinski definition) is 4. The van der Waals surface area contributed by atoms with Crippen molar-refractivity contribution in [3.8, 4) is 0 Å². The Kier molecular flexibility index (Phi) is 5.27. The molecule has 0 radical (unpaired) electrons. The van der Waals surface area contributed by atoms with Crippen molar-refractivity contribution in [3.63, 3.8) is 0 Å². The Morgan fingerprint density at radius 2 is 1.82 bits per heavy atom. The third kappa shape index (κ3) is 3.51. The summed E-state index contributed by atoms with van der Waals surface area (Å²) in [5.74, 6) is -0.677. The molecule has 1 N–H and O–H groups in total. The number of ether oxygens (including phenoxy) is 1. The van der Waals surface area contributed by atoms with Crippen LogP contribution in [0.4, 0.5) is 0 Å². The maximum atomic E-state index is 12.1. The Bertz CT molecular complexity index is 550. The lowest BCUT2D eigenvalue weighted by molar-refractivity contribution is -0.122. The lowest BCUT2D eigenvalue weighted by Crippen LogP contribution is -2.36. The average molecular weight is 304 g/mol. The zero-order valence-electron chi connectivity index (χ0n) is 12.8. The quantitative estimate of drug-likeness (QED) is 0.768. The minimum Gasteiger partial charge on any atom is -0.383 e. The number of imide groups is 1. The second-order valence-corrected chi connectivity index (χ2v) is 5.33. The summed E-state index contributed by atoms with van der Waals surface area (Å²) in [5, 5.41) is 2.79. The van der Waals surface area contributed by atoms with Gasteiger partial charge in [0, 0.05) is 26.1 Å². The van der Waals surface area contributed by atoms with E-state index in [9.17, 15) is 14.4 Å². The second-order valence-electron chi connectivity index (χ2n) is 5.33. The van der Waals surface area contributed by atoms with Crippen molar-refractivity contribution < 1.29 is 19.1 Å². The Balaban J connectivity index is 1.83. The van der Waals surface area contributed by atoms with Crippen LogP contribution in [0, 0.1) is 0 Å². The van der Waals surface area contributed by atoms with Gasteiger partial charge in [-0.05, 0) is 25.5 Å². The molecular weight excluding hydrogens is 284 g/mol. The van der Waals surface area contributed by atoms with Gasteiger partial charge in [0.15, 0.2) is 0 Å². The Hall–Kier alpha value is -2.21. The van der Waals surface area contributed by atoms with Crippen LogP contribution in [-0.2, 0) is 9.53 Å². The van der Waals surface area contributed by atoms with Gasteiger partial charge in [-0.15, -0.1) is 0 Å². The highest BCUT2D eigenvalue weighted by molar-refractivity contribution is 6.21. The molecule has 0 aliphatic carbocycles. The number of hydrogen-bond donors (Lipinski definition) is 1. The largest absolute Gasteiger partial charge is 0.383 e. The minimum absolute atomic E-state index is 0.0585. The fourth-order valence-corrected chi connectivity index (χ4v) is 2.48. The highest BCUT2D eigenvalue weighted by atomic mass is 16.5. The molecule has 0 saturated carbocycles. The molecule has 2 rings (SSSR count). The van der Waals surface area contributed by atoms with Crippen molar-refractivity contribution >= 4 is 17.7 Å². The van der Waals surface area contributed by atoms with Gasteiger partial charge in [0.25, 0.3) is 11.8 Å². The van der Waals surface area contributed by atoms with Crippen LogP contribution in [0.1, 0.15) is 40.5 Å². The predicted molar refractivity (Wildman–Crippen MR) is 80.5 cm³/mol. The molecule has 118 valence electrons. The van der Waals surface area contributed by atoms with Gasteiger partial charge in [0.1, 0.15) is 0 Å². The fourth-order valence-electron chi connectivity index (χ4n) is 2.48. The smallest absolute Gasteiger partial charge is 0.261 e.